The van der Waals surface area contributed by atoms with Gasteiger partial charge >= 0.3 is 18.0 Å². The highest BCUT2D eigenvalue weighted by molar-refractivity contribution is 5.90. The van der Waals surface area contributed by atoms with Crippen LogP contribution in [0.2, 0.25) is 0 Å². The molecule has 7 nitrogen and oxygen atoms in total. The number of carbonyl (C=O) groups excluding carboxylic acids is 1. The van der Waals surface area contributed by atoms with Gasteiger partial charge in [-0.1, -0.05) is 60.7 Å². The summed E-state index contributed by atoms with van der Waals surface area (Å²) in [6.07, 6.45) is -1.84. The minimum atomic E-state index is -2.12. The van der Waals surface area contributed by atoms with Crippen molar-refractivity contribution in [2.75, 3.05) is 0 Å². The Balaban J connectivity index is 2.21. The second-order valence-electron chi connectivity index (χ2n) is 5.33. The predicted octanol–water partition coefficient (Wildman–Crippen LogP) is 2.37. The van der Waals surface area contributed by atoms with E-state index in [2.05, 4.69) is 5.32 Å². The fourth-order valence-corrected chi connectivity index (χ4v) is 2.35. The summed E-state index contributed by atoms with van der Waals surface area (Å²) in [6, 6.07) is 16.5. The predicted molar refractivity (Wildman–Crippen MR) is 87.8 cm³/mol. The van der Waals surface area contributed by atoms with Gasteiger partial charge in [0, 0.05) is 0 Å². The lowest BCUT2D eigenvalue weighted by molar-refractivity contribution is -0.151. The number of amides is 1. The number of carboxylic acids is 2. The Morgan fingerprint density at radius 3 is 2.00 bits per heavy atom. The van der Waals surface area contributed by atoms with Gasteiger partial charge < -0.3 is 20.3 Å². The van der Waals surface area contributed by atoms with Gasteiger partial charge in [-0.25, -0.2) is 9.59 Å². The third kappa shape index (κ3) is 4.57. The maximum atomic E-state index is 12.1. The van der Waals surface area contributed by atoms with Crippen LogP contribution in [-0.4, -0.2) is 28.2 Å². The Hall–Kier alpha value is -3.35. The standard InChI is InChI=1S/C18H17NO6/c20-15(21)11-18(16(22)23,14-9-5-2-6-10-14)19-17(24)25-12-13-7-3-1-4-8-13/h1-10H,11-12H2,(H,19,24)(H,20,21)(H,22,23). The number of aliphatic carboxylic acids is 2. The summed E-state index contributed by atoms with van der Waals surface area (Å²) in [5.41, 5.74) is -1.26. The molecule has 2 aromatic carbocycles. The van der Waals surface area contributed by atoms with Gasteiger partial charge in [0.05, 0.1) is 6.42 Å². The van der Waals surface area contributed by atoms with Crippen molar-refractivity contribution >= 4 is 18.0 Å². The van der Waals surface area contributed by atoms with E-state index in [1.54, 1.807) is 48.5 Å². The molecule has 7 heteroatoms. The Morgan fingerprint density at radius 1 is 0.920 bits per heavy atom. The Kier molecular flexibility index (Phi) is 5.73. The molecule has 0 aliphatic carbocycles. The SMILES string of the molecule is O=C(O)CC(NC(=O)OCc1ccccc1)(C(=O)O)c1ccccc1. The number of alkyl carbamates (subject to hydrolysis) is 1. The summed E-state index contributed by atoms with van der Waals surface area (Å²) in [6.45, 7) is -0.0652. The highest BCUT2D eigenvalue weighted by Gasteiger charge is 2.44. The Labute approximate surface area is 143 Å². The fourth-order valence-electron chi connectivity index (χ4n) is 2.35. The van der Waals surface area contributed by atoms with Crippen molar-refractivity contribution in [1.29, 1.82) is 0 Å². The number of carbonyl (C=O) groups is 3. The molecule has 0 spiro atoms. The van der Waals surface area contributed by atoms with Crippen LogP contribution < -0.4 is 5.32 Å². The van der Waals surface area contributed by atoms with Crippen LogP contribution in [0.1, 0.15) is 17.5 Å². The molecule has 1 unspecified atom stereocenters. The lowest BCUT2D eigenvalue weighted by atomic mass is 9.86. The van der Waals surface area contributed by atoms with Gasteiger partial charge in [0.2, 0.25) is 0 Å². The molecular weight excluding hydrogens is 326 g/mol. The zero-order valence-electron chi connectivity index (χ0n) is 13.2. The minimum absolute atomic E-state index is 0.0652. The molecular formula is C18H17NO6. The molecule has 0 aliphatic heterocycles. The molecule has 3 N–H and O–H groups in total. The van der Waals surface area contributed by atoms with E-state index in [-0.39, 0.29) is 12.2 Å². The van der Waals surface area contributed by atoms with Crippen LogP contribution >= 0.6 is 0 Å². The van der Waals surface area contributed by atoms with Gasteiger partial charge in [0.1, 0.15) is 6.61 Å². The number of nitrogens with one attached hydrogen (secondary N) is 1. The first kappa shape index (κ1) is 18.0. The second kappa shape index (κ2) is 7.96. The molecule has 1 atom stereocenters. The average molecular weight is 343 g/mol. The molecule has 0 aromatic heterocycles. The molecule has 25 heavy (non-hydrogen) atoms. The highest BCUT2D eigenvalue weighted by Crippen LogP contribution is 2.26. The molecule has 0 heterocycles. The molecule has 130 valence electrons. The molecule has 0 saturated heterocycles. The quantitative estimate of drug-likeness (QED) is 0.711. The van der Waals surface area contributed by atoms with Crippen molar-refractivity contribution in [2.24, 2.45) is 0 Å². The molecule has 0 bridgehead atoms. The van der Waals surface area contributed by atoms with Gasteiger partial charge in [-0.05, 0) is 11.1 Å². The summed E-state index contributed by atoms with van der Waals surface area (Å²) in [7, 11) is 0. The number of carboxylic acid groups (broad SMARTS) is 2. The van der Waals surface area contributed by atoms with Crippen molar-refractivity contribution < 1.29 is 29.3 Å². The lowest BCUT2D eigenvalue weighted by Gasteiger charge is -2.29. The maximum Gasteiger partial charge on any atom is 0.408 e. The monoisotopic (exact) mass is 343 g/mol. The summed E-state index contributed by atoms with van der Waals surface area (Å²) in [4.78, 5) is 35.1. The highest BCUT2D eigenvalue weighted by atomic mass is 16.5. The smallest absolute Gasteiger partial charge is 0.408 e. The van der Waals surface area contributed by atoms with E-state index >= 15 is 0 Å². The van der Waals surface area contributed by atoms with E-state index in [1.165, 1.54) is 12.1 Å². The molecule has 0 aliphatic rings. The van der Waals surface area contributed by atoms with Crippen LogP contribution in [0.5, 0.6) is 0 Å². The van der Waals surface area contributed by atoms with E-state index in [0.717, 1.165) is 5.56 Å². The van der Waals surface area contributed by atoms with Crippen LogP contribution in [0.4, 0.5) is 4.79 Å². The van der Waals surface area contributed by atoms with Crippen molar-refractivity contribution in [1.82, 2.24) is 5.32 Å². The molecule has 0 saturated carbocycles. The maximum absolute atomic E-state index is 12.1. The largest absolute Gasteiger partial charge is 0.481 e. The third-order valence-corrected chi connectivity index (χ3v) is 3.58. The molecule has 2 rings (SSSR count). The van der Waals surface area contributed by atoms with Crippen LogP contribution in [0.15, 0.2) is 60.7 Å². The third-order valence-electron chi connectivity index (χ3n) is 3.58. The van der Waals surface area contributed by atoms with E-state index in [0.29, 0.717) is 0 Å². The second-order valence-corrected chi connectivity index (χ2v) is 5.33. The van der Waals surface area contributed by atoms with Crippen LogP contribution in [0.3, 0.4) is 0 Å². The lowest BCUT2D eigenvalue weighted by Crippen LogP contribution is -2.53. The van der Waals surface area contributed by atoms with Crippen LogP contribution in [0, 0.1) is 0 Å². The van der Waals surface area contributed by atoms with Gasteiger partial charge in [-0.3, -0.25) is 4.79 Å². The number of ether oxygens (including phenoxy) is 1. The van der Waals surface area contributed by atoms with Crippen LogP contribution in [0.25, 0.3) is 0 Å². The van der Waals surface area contributed by atoms with E-state index in [4.69, 9.17) is 9.84 Å². The minimum Gasteiger partial charge on any atom is -0.481 e. The number of hydrogen-bond acceptors (Lipinski definition) is 4. The number of rotatable bonds is 7. The Bertz CT molecular complexity index is 747. The fraction of sp³-hybridized carbons (Fsp3) is 0.167. The summed E-state index contributed by atoms with van der Waals surface area (Å²) in [5, 5.41) is 21.0. The van der Waals surface area contributed by atoms with Gasteiger partial charge in [0.15, 0.2) is 5.54 Å². The number of benzene rings is 2. The van der Waals surface area contributed by atoms with E-state index < -0.39 is 30.0 Å². The van der Waals surface area contributed by atoms with Gasteiger partial charge in [0.25, 0.3) is 0 Å². The topological polar surface area (TPSA) is 113 Å². The Morgan fingerprint density at radius 2 is 1.48 bits per heavy atom. The zero-order valence-corrected chi connectivity index (χ0v) is 13.2. The summed E-state index contributed by atoms with van der Waals surface area (Å²) < 4.78 is 5.03. The molecule has 2 aromatic rings. The molecule has 1 amide bonds. The normalized spacial score (nSPS) is 12.6. The average Bonchev–Trinajstić information content (AvgIpc) is 2.60. The number of hydrogen-bond donors (Lipinski definition) is 3. The molecule has 0 fully saturated rings. The van der Waals surface area contributed by atoms with E-state index in [9.17, 15) is 19.5 Å². The zero-order chi connectivity index (χ0) is 18.3. The van der Waals surface area contributed by atoms with Crippen molar-refractivity contribution in [3.63, 3.8) is 0 Å². The van der Waals surface area contributed by atoms with Gasteiger partial charge in [-0.2, -0.15) is 0 Å². The first-order chi connectivity index (χ1) is 11.9. The molecule has 0 radical (unpaired) electrons. The van der Waals surface area contributed by atoms with Crippen molar-refractivity contribution in [3.8, 4) is 0 Å². The van der Waals surface area contributed by atoms with Crippen LogP contribution in [-0.2, 0) is 26.5 Å². The van der Waals surface area contributed by atoms with Gasteiger partial charge in [-0.15, -0.1) is 0 Å². The first-order valence-electron chi connectivity index (χ1n) is 7.43. The van der Waals surface area contributed by atoms with Crippen molar-refractivity contribution in [3.05, 3.63) is 71.8 Å². The summed E-state index contributed by atoms with van der Waals surface area (Å²) >= 11 is 0. The first-order valence-corrected chi connectivity index (χ1v) is 7.43. The van der Waals surface area contributed by atoms with Crippen molar-refractivity contribution in [2.45, 2.75) is 18.6 Å². The summed E-state index contributed by atoms with van der Waals surface area (Å²) in [5.74, 6) is -2.85. The van der Waals surface area contributed by atoms with E-state index in [1.807, 2.05) is 0 Å².